The number of rotatable bonds is 5. The van der Waals surface area contributed by atoms with E-state index in [2.05, 4.69) is 15.5 Å². The van der Waals surface area contributed by atoms with E-state index in [1.807, 2.05) is 66.0 Å². The van der Waals surface area contributed by atoms with Gasteiger partial charge in [0, 0.05) is 10.9 Å². The first-order chi connectivity index (χ1) is 13.7. The molecule has 0 radical (unpaired) electrons. The zero-order valence-electron chi connectivity index (χ0n) is 15.3. The molecule has 28 heavy (non-hydrogen) atoms. The Bertz CT molecular complexity index is 1120. The quantitative estimate of drug-likeness (QED) is 0.319. The summed E-state index contributed by atoms with van der Waals surface area (Å²) in [6, 6.07) is 23.2. The number of hydrogen-bond acceptors (Lipinski definition) is 4. The van der Waals surface area contributed by atoms with Crippen LogP contribution in [0.1, 0.15) is 11.1 Å². The van der Waals surface area contributed by atoms with Gasteiger partial charge in [-0.05, 0) is 47.4 Å². The van der Waals surface area contributed by atoms with E-state index < -0.39 is 0 Å². The molecule has 3 aromatic carbocycles. The second kappa shape index (κ2) is 8.15. The lowest BCUT2D eigenvalue weighted by atomic mass is 10.0. The number of hydrogen-bond donors (Lipinski definition) is 1. The molecule has 0 fully saturated rings. The molecule has 4 aromatic rings. The Labute approximate surface area is 167 Å². The first kappa shape index (κ1) is 18.1. The van der Waals surface area contributed by atoms with Gasteiger partial charge in [-0.1, -0.05) is 54.6 Å². The maximum absolute atomic E-state index is 13.5. The molecule has 0 saturated carbocycles. The van der Waals surface area contributed by atoms with Gasteiger partial charge in [-0.25, -0.2) is 9.37 Å². The molecule has 1 heterocycles. The van der Waals surface area contributed by atoms with Gasteiger partial charge in [0.15, 0.2) is 0 Å². The summed E-state index contributed by atoms with van der Waals surface area (Å²) in [5.74, 6) is -0.191. The van der Waals surface area contributed by atoms with Crippen molar-refractivity contribution in [3.8, 4) is 22.4 Å². The lowest BCUT2D eigenvalue weighted by Crippen LogP contribution is -1.91. The van der Waals surface area contributed by atoms with E-state index in [0.29, 0.717) is 5.56 Å². The maximum atomic E-state index is 13.5. The monoisotopic (exact) mass is 387 g/mol. The Balaban J connectivity index is 1.47. The summed E-state index contributed by atoms with van der Waals surface area (Å²) in [6.07, 6.45) is 1.75. The lowest BCUT2D eigenvalue weighted by molar-refractivity contribution is 0.619. The lowest BCUT2D eigenvalue weighted by Gasteiger charge is -2.05. The molecule has 0 bridgehead atoms. The van der Waals surface area contributed by atoms with E-state index in [1.54, 1.807) is 19.2 Å². The largest absolute Gasteiger partial charge is 0.253 e. The van der Waals surface area contributed by atoms with Crippen LogP contribution in [0, 0.1) is 12.7 Å². The van der Waals surface area contributed by atoms with Gasteiger partial charge in [0.1, 0.15) is 5.82 Å². The van der Waals surface area contributed by atoms with E-state index in [1.165, 1.54) is 17.4 Å². The average molecular weight is 387 g/mol. The Kier molecular flexibility index (Phi) is 5.26. The molecule has 1 N–H and O–H groups in total. The van der Waals surface area contributed by atoms with Crippen LogP contribution in [0.25, 0.3) is 22.4 Å². The highest BCUT2D eigenvalue weighted by Crippen LogP contribution is 2.25. The number of aromatic nitrogens is 1. The molecule has 3 nitrogen and oxygen atoms in total. The number of thiazole rings is 1. The Morgan fingerprint density at radius 1 is 0.929 bits per heavy atom. The molecule has 1 aromatic heterocycles. The van der Waals surface area contributed by atoms with Gasteiger partial charge in [0.05, 0.1) is 11.9 Å². The molecule has 0 aliphatic carbocycles. The van der Waals surface area contributed by atoms with E-state index in [-0.39, 0.29) is 5.82 Å². The summed E-state index contributed by atoms with van der Waals surface area (Å²) in [7, 11) is 0. The van der Waals surface area contributed by atoms with E-state index >= 15 is 0 Å². The van der Waals surface area contributed by atoms with Crippen LogP contribution in [0.15, 0.2) is 83.3 Å². The maximum Gasteiger partial charge on any atom is 0.203 e. The fraction of sp³-hybridized carbons (Fsp3) is 0.0435. The summed E-state index contributed by atoms with van der Waals surface area (Å²) in [5.41, 5.74) is 8.58. The number of hydrazone groups is 1. The third kappa shape index (κ3) is 4.15. The van der Waals surface area contributed by atoms with Gasteiger partial charge in [0.25, 0.3) is 0 Å². The van der Waals surface area contributed by atoms with Crippen LogP contribution in [-0.2, 0) is 0 Å². The topological polar surface area (TPSA) is 37.3 Å². The van der Waals surface area contributed by atoms with Gasteiger partial charge < -0.3 is 0 Å². The third-order valence-corrected chi connectivity index (χ3v) is 5.07. The molecule has 0 spiro atoms. The molecule has 4 rings (SSSR count). The predicted octanol–water partition coefficient (Wildman–Crippen LogP) is 6.37. The highest BCUT2D eigenvalue weighted by molar-refractivity contribution is 7.14. The SMILES string of the molecule is Cc1cc(-c2cccc(C=NNc3nc(-c4ccccc4)cs3)c2)ccc1F. The molecule has 0 aliphatic rings. The zero-order chi connectivity index (χ0) is 19.3. The molecule has 0 atom stereocenters. The van der Waals surface area contributed by atoms with Crippen LogP contribution in [0.4, 0.5) is 9.52 Å². The second-order valence-electron chi connectivity index (χ2n) is 6.36. The highest BCUT2D eigenvalue weighted by atomic mass is 32.1. The van der Waals surface area contributed by atoms with Gasteiger partial charge in [-0.2, -0.15) is 5.10 Å². The van der Waals surface area contributed by atoms with Crippen molar-refractivity contribution in [2.24, 2.45) is 5.10 Å². The van der Waals surface area contributed by atoms with Crippen LogP contribution in [0.3, 0.4) is 0 Å². The van der Waals surface area contributed by atoms with Crippen LogP contribution in [0.5, 0.6) is 0 Å². The summed E-state index contributed by atoms with van der Waals surface area (Å²) in [6.45, 7) is 1.77. The van der Waals surface area contributed by atoms with Crippen molar-refractivity contribution in [1.29, 1.82) is 0 Å². The number of nitrogens with one attached hydrogen (secondary N) is 1. The molecule has 5 heteroatoms. The van der Waals surface area contributed by atoms with Crippen molar-refractivity contribution in [3.05, 3.63) is 95.1 Å². The molecular formula is C23H18FN3S. The highest BCUT2D eigenvalue weighted by Gasteiger charge is 2.04. The second-order valence-corrected chi connectivity index (χ2v) is 7.22. The fourth-order valence-corrected chi connectivity index (χ4v) is 3.52. The Morgan fingerprint density at radius 3 is 2.54 bits per heavy atom. The number of anilines is 1. The van der Waals surface area contributed by atoms with Gasteiger partial charge in [-0.15, -0.1) is 11.3 Å². The van der Waals surface area contributed by atoms with E-state index in [0.717, 1.165) is 33.1 Å². The molecule has 0 saturated heterocycles. The Morgan fingerprint density at radius 2 is 1.71 bits per heavy atom. The number of aryl methyl sites for hydroxylation is 1. The van der Waals surface area contributed by atoms with Gasteiger partial charge in [-0.3, -0.25) is 5.43 Å². The summed E-state index contributed by atoms with van der Waals surface area (Å²) >= 11 is 1.51. The smallest absolute Gasteiger partial charge is 0.203 e. The summed E-state index contributed by atoms with van der Waals surface area (Å²) in [5, 5.41) is 7.04. The standard InChI is InChI=1S/C23H18FN3S/c1-16-12-20(10-11-21(16)24)19-9-5-6-17(13-19)14-25-27-23-26-22(15-28-23)18-7-3-2-4-8-18/h2-15H,1H3,(H,26,27). The fourth-order valence-electron chi connectivity index (χ4n) is 2.85. The molecular weight excluding hydrogens is 369 g/mol. The van der Waals surface area contributed by atoms with Crippen molar-refractivity contribution in [2.45, 2.75) is 6.92 Å². The average Bonchev–Trinajstić information content (AvgIpc) is 3.20. The van der Waals surface area contributed by atoms with Crippen molar-refractivity contribution in [3.63, 3.8) is 0 Å². The number of halogens is 1. The Hall–Kier alpha value is -3.31. The van der Waals surface area contributed by atoms with E-state index in [4.69, 9.17) is 0 Å². The minimum Gasteiger partial charge on any atom is -0.253 e. The van der Waals surface area contributed by atoms with Crippen LogP contribution in [0.2, 0.25) is 0 Å². The van der Waals surface area contributed by atoms with Crippen LogP contribution in [-0.4, -0.2) is 11.2 Å². The van der Waals surface area contributed by atoms with Crippen molar-refractivity contribution in [1.82, 2.24) is 4.98 Å². The molecule has 0 amide bonds. The molecule has 0 aliphatic heterocycles. The number of benzene rings is 3. The molecule has 138 valence electrons. The predicted molar refractivity (Wildman–Crippen MR) is 115 cm³/mol. The summed E-state index contributed by atoms with van der Waals surface area (Å²) in [4.78, 5) is 4.55. The first-order valence-electron chi connectivity index (χ1n) is 8.86. The zero-order valence-corrected chi connectivity index (χ0v) is 16.1. The van der Waals surface area contributed by atoms with E-state index in [9.17, 15) is 4.39 Å². The van der Waals surface area contributed by atoms with Crippen molar-refractivity contribution in [2.75, 3.05) is 5.43 Å². The normalized spacial score (nSPS) is 11.1. The summed E-state index contributed by atoms with van der Waals surface area (Å²) < 4.78 is 13.5. The minimum absolute atomic E-state index is 0.191. The van der Waals surface area contributed by atoms with Crippen LogP contribution < -0.4 is 5.43 Å². The molecule has 0 unspecified atom stereocenters. The van der Waals surface area contributed by atoms with Gasteiger partial charge >= 0.3 is 0 Å². The van der Waals surface area contributed by atoms with Crippen molar-refractivity contribution >= 4 is 22.7 Å². The third-order valence-electron chi connectivity index (χ3n) is 4.33. The first-order valence-corrected chi connectivity index (χ1v) is 9.73. The van der Waals surface area contributed by atoms with Gasteiger partial charge in [0.2, 0.25) is 5.13 Å². The van der Waals surface area contributed by atoms with Crippen LogP contribution >= 0.6 is 11.3 Å². The number of nitrogens with zero attached hydrogens (tertiary/aromatic N) is 2. The minimum atomic E-state index is -0.191. The van der Waals surface area contributed by atoms with Crippen molar-refractivity contribution < 1.29 is 4.39 Å².